The van der Waals surface area contributed by atoms with Gasteiger partial charge in [-0.15, -0.1) is 0 Å². The van der Waals surface area contributed by atoms with Gasteiger partial charge in [0.1, 0.15) is 0 Å². The maximum Gasteiger partial charge on any atom is 0.305 e. The van der Waals surface area contributed by atoms with Gasteiger partial charge in [-0.05, 0) is 19.3 Å². The van der Waals surface area contributed by atoms with Gasteiger partial charge in [-0.3, -0.25) is 4.79 Å². The molecule has 0 fully saturated rings. The third kappa shape index (κ3) is 7.06. The van der Waals surface area contributed by atoms with Crippen LogP contribution < -0.4 is 0 Å². The highest BCUT2D eigenvalue weighted by atomic mass is 16.5. The van der Waals surface area contributed by atoms with Gasteiger partial charge >= 0.3 is 5.97 Å². The second-order valence-electron chi connectivity index (χ2n) is 2.49. The number of ether oxygens (including phenoxy) is 1. The fourth-order valence-electron chi connectivity index (χ4n) is 0.826. The van der Waals surface area contributed by atoms with Gasteiger partial charge in [-0.25, -0.2) is 0 Å². The van der Waals surface area contributed by atoms with E-state index in [9.17, 15) is 4.79 Å². The lowest BCUT2D eigenvalue weighted by Crippen LogP contribution is -1.98. The first-order valence-corrected chi connectivity index (χ1v) is 4.15. The van der Waals surface area contributed by atoms with Gasteiger partial charge in [0.25, 0.3) is 0 Å². The van der Waals surface area contributed by atoms with Crippen LogP contribution in [-0.2, 0) is 9.53 Å². The number of hydrogen-bond donors (Lipinski definition) is 0. The zero-order valence-corrected chi connectivity index (χ0v) is 7.58. The fourth-order valence-corrected chi connectivity index (χ4v) is 0.826. The number of unbranched alkanes of at least 4 members (excludes halogenated alkanes) is 2. The lowest BCUT2D eigenvalue weighted by atomic mass is 10.2. The summed E-state index contributed by atoms with van der Waals surface area (Å²) in [6.07, 6.45) is 9.16. The van der Waals surface area contributed by atoms with Gasteiger partial charge in [0.2, 0.25) is 0 Å². The average molecular weight is 168 g/mol. The molecule has 0 aliphatic heterocycles. The summed E-state index contributed by atoms with van der Waals surface area (Å²) < 4.78 is 4.50. The molecule has 2 heteroatoms. The van der Waals surface area contributed by atoms with Gasteiger partial charge in [-0.1, -0.05) is 24.8 Å². The Labute approximate surface area is 73.9 Å². The molecule has 0 saturated carbocycles. The minimum atomic E-state index is -0.122. The molecule has 0 rings (SSSR count). The summed E-state index contributed by atoms with van der Waals surface area (Å²) >= 11 is 0. The molecule has 2 nitrogen and oxygen atoms in total. The zero-order valence-electron chi connectivity index (χ0n) is 7.58. The summed E-state index contributed by atoms with van der Waals surface area (Å²) in [6, 6.07) is 0. The average Bonchev–Trinajstić information content (AvgIpc) is 2.10. The maximum absolute atomic E-state index is 10.6. The van der Waals surface area contributed by atoms with Gasteiger partial charge in [-0.2, -0.15) is 0 Å². The molecule has 0 amide bonds. The molecule has 0 radical (unpaired) electrons. The Bertz CT molecular complexity index is 159. The van der Waals surface area contributed by atoms with Crippen LogP contribution in [0.2, 0.25) is 0 Å². The van der Waals surface area contributed by atoms with Crippen LogP contribution in [0.15, 0.2) is 24.8 Å². The van der Waals surface area contributed by atoms with Crippen molar-refractivity contribution in [1.82, 2.24) is 0 Å². The molecule has 0 spiro atoms. The summed E-state index contributed by atoms with van der Waals surface area (Å²) in [5.41, 5.74) is 0. The molecule has 12 heavy (non-hydrogen) atoms. The van der Waals surface area contributed by atoms with Crippen LogP contribution in [0.25, 0.3) is 0 Å². The molecule has 0 aromatic carbocycles. The van der Waals surface area contributed by atoms with E-state index in [-0.39, 0.29) is 5.97 Å². The van der Waals surface area contributed by atoms with Gasteiger partial charge in [0.15, 0.2) is 0 Å². The highest BCUT2D eigenvalue weighted by molar-refractivity contribution is 5.68. The highest BCUT2D eigenvalue weighted by Crippen LogP contribution is 2.01. The van der Waals surface area contributed by atoms with Gasteiger partial charge < -0.3 is 4.74 Å². The van der Waals surface area contributed by atoms with Crippen LogP contribution in [0.4, 0.5) is 0 Å². The summed E-state index contributed by atoms with van der Waals surface area (Å²) in [4.78, 5) is 10.6. The van der Waals surface area contributed by atoms with E-state index >= 15 is 0 Å². The molecule has 0 aromatic rings. The van der Waals surface area contributed by atoms with E-state index in [0.29, 0.717) is 6.42 Å². The van der Waals surface area contributed by atoms with Crippen molar-refractivity contribution in [3.05, 3.63) is 24.8 Å². The van der Waals surface area contributed by atoms with Crippen molar-refractivity contribution in [3.8, 4) is 0 Å². The minimum Gasteiger partial charge on any atom is -0.469 e. The highest BCUT2D eigenvalue weighted by Gasteiger charge is 1.97. The third-order valence-corrected chi connectivity index (χ3v) is 1.50. The quantitative estimate of drug-likeness (QED) is 0.346. The molecular weight excluding hydrogens is 152 g/mol. The van der Waals surface area contributed by atoms with Crippen molar-refractivity contribution < 1.29 is 9.53 Å². The van der Waals surface area contributed by atoms with E-state index < -0.39 is 0 Å². The zero-order chi connectivity index (χ0) is 9.23. The molecule has 0 unspecified atom stereocenters. The van der Waals surface area contributed by atoms with Crippen molar-refractivity contribution in [2.45, 2.75) is 25.7 Å². The Kier molecular flexibility index (Phi) is 7.35. The van der Waals surface area contributed by atoms with E-state index in [1.807, 2.05) is 12.2 Å². The van der Waals surface area contributed by atoms with Crippen LogP contribution in [0.5, 0.6) is 0 Å². The van der Waals surface area contributed by atoms with Crippen LogP contribution in [-0.4, -0.2) is 13.1 Å². The predicted octanol–water partition coefficient (Wildman–Crippen LogP) is 2.46. The summed E-state index contributed by atoms with van der Waals surface area (Å²) in [6.45, 7) is 3.56. The van der Waals surface area contributed by atoms with Crippen molar-refractivity contribution >= 4 is 5.97 Å². The first kappa shape index (κ1) is 11.0. The summed E-state index contributed by atoms with van der Waals surface area (Å²) in [5.74, 6) is -0.122. The number of esters is 1. The second-order valence-corrected chi connectivity index (χ2v) is 2.49. The van der Waals surface area contributed by atoms with Crippen LogP contribution in [0.3, 0.4) is 0 Å². The van der Waals surface area contributed by atoms with E-state index in [4.69, 9.17) is 0 Å². The summed E-state index contributed by atoms with van der Waals surface area (Å²) in [7, 11) is 1.42. The lowest BCUT2D eigenvalue weighted by molar-refractivity contribution is -0.140. The largest absolute Gasteiger partial charge is 0.469 e. The van der Waals surface area contributed by atoms with E-state index in [1.165, 1.54) is 7.11 Å². The third-order valence-electron chi connectivity index (χ3n) is 1.50. The van der Waals surface area contributed by atoms with Gasteiger partial charge in [0.05, 0.1) is 7.11 Å². The van der Waals surface area contributed by atoms with Crippen molar-refractivity contribution in [3.63, 3.8) is 0 Å². The van der Waals surface area contributed by atoms with Crippen molar-refractivity contribution in [1.29, 1.82) is 0 Å². The number of hydrogen-bond acceptors (Lipinski definition) is 2. The number of rotatable bonds is 6. The molecule has 0 heterocycles. The lowest BCUT2D eigenvalue weighted by Gasteiger charge is -1.96. The number of methoxy groups -OCH3 is 1. The molecule has 0 bridgehead atoms. The molecule has 0 atom stereocenters. The van der Waals surface area contributed by atoms with E-state index in [2.05, 4.69) is 11.3 Å². The number of carbonyl (C=O) groups excluding carboxylic acids is 1. The SMILES string of the molecule is C=CC=CCCCCC(=O)OC. The topological polar surface area (TPSA) is 26.3 Å². The Morgan fingerprint density at radius 2 is 2.25 bits per heavy atom. The standard InChI is InChI=1S/C10H16O2/c1-3-4-5-6-7-8-9-10(11)12-2/h3-5H,1,6-9H2,2H3. The Morgan fingerprint density at radius 3 is 2.83 bits per heavy atom. The van der Waals surface area contributed by atoms with Crippen molar-refractivity contribution in [2.24, 2.45) is 0 Å². The normalized spacial score (nSPS) is 10.1. The molecule has 0 N–H and O–H groups in total. The molecular formula is C10H16O2. The molecule has 0 aliphatic rings. The van der Waals surface area contributed by atoms with Crippen LogP contribution in [0, 0.1) is 0 Å². The van der Waals surface area contributed by atoms with Crippen molar-refractivity contribution in [2.75, 3.05) is 7.11 Å². The predicted molar refractivity (Wildman–Crippen MR) is 49.8 cm³/mol. The van der Waals surface area contributed by atoms with E-state index in [1.54, 1.807) is 6.08 Å². The maximum atomic E-state index is 10.6. The Morgan fingerprint density at radius 1 is 1.50 bits per heavy atom. The molecule has 68 valence electrons. The van der Waals surface area contributed by atoms with Crippen LogP contribution in [0.1, 0.15) is 25.7 Å². The smallest absolute Gasteiger partial charge is 0.305 e. The van der Waals surface area contributed by atoms with E-state index in [0.717, 1.165) is 19.3 Å². The number of allylic oxidation sites excluding steroid dienone is 3. The Balaban J connectivity index is 3.15. The van der Waals surface area contributed by atoms with Crippen LogP contribution >= 0.6 is 0 Å². The second kappa shape index (κ2) is 8.05. The molecule has 0 aromatic heterocycles. The fraction of sp³-hybridized carbons (Fsp3) is 0.500. The molecule has 0 saturated heterocycles. The monoisotopic (exact) mass is 168 g/mol. The first-order chi connectivity index (χ1) is 5.81. The Hall–Kier alpha value is -1.05. The summed E-state index contributed by atoms with van der Waals surface area (Å²) in [5, 5.41) is 0. The van der Waals surface area contributed by atoms with Gasteiger partial charge in [0, 0.05) is 6.42 Å². The molecule has 0 aliphatic carbocycles. The number of carbonyl (C=O) groups is 1. The minimum absolute atomic E-state index is 0.122. The first-order valence-electron chi connectivity index (χ1n) is 4.15.